The molecule has 1 fully saturated rings. The Morgan fingerprint density at radius 3 is 2.80 bits per heavy atom. The van der Waals surface area contributed by atoms with Gasteiger partial charge in [-0.05, 0) is 37.2 Å². The van der Waals surface area contributed by atoms with Crippen molar-refractivity contribution in [1.29, 1.82) is 0 Å². The van der Waals surface area contributed by atoms with Crippen LogP contribution in [0.1, 0.15) is 44.1 Å². The molecule has 0 aliphatic carbocycles. The van der Waals surface area contributed by atoms with Gasteiger partial charge in [0, 0.05) is 18.4 Å². The van der Waals surface area contributed by atoms with E-state index < -0.39 is 0 Å². The van der Waals surface area contributed by atoms with Crippen LogP contribution in [0.2, 0.25) is 0 Å². The van der Waals surface area contributed by atoms with Crippen molar-refractivity contribution in [3.05, 3.63) is 35.9 Å². The number of hydrogen-bond donors (Lipinski definition) is 0. The van der Waals surface area contributed by atoms with Crippen LogP contribution in [-0.4, -0.2) is 29.2 Å². The normalized spacial score (nSPS) is 20.7. The standard InChI is InChI=1S/C17H24BrNO/c1-2-16(15-8-4-3-5-9-15)17(20)19-12-6-7-14(13-19)10-11-18/h3-5,8-9,14,16H,2,6-7,10-13H2,1H3. The Morgan fingerprint density at radius 1 is 1.40 bits per heavy atom. The number of piperidine rings is 1. The lowest BCUT2D eigenvalue weighted by molar-refractivity contribution is -0.134. The molecule has 1 aliphatic heterocycles. The summed E-state index contributed by atoms with van der Waals surface area (Å²) < 4.78 is 0. The number of rotatable bonds is 5. The predicted molar refractivity (Wildman–Crippen MR) is 87.2 cm³/mol. The first kappa shape index (κ1) is 15.6. The van der Waals surface area contributed by atoms with Crippen LogP contribution in [0.3, 0.4) is 0 Å². The summed E-state index contributed by atoms with van der Waals surface area (Å²) in [7, 11) is 0. The number of halogens is 1. The van der Waals surface area contributed by atoms with E-state index in [2.05, 4.69) is 39.9 Å². The lowest BCUT2D eigenvalue weighted by atomic mass is 9.91. The first-order valence-corrected chi connectivity index (χ1v) is 8.78. The van der Waals surface area contributed by atoms with E-state index in [0.29, 0.717) is 11.8 Å². The van der Waals surface area contributed by atoms with Crippen molar-refractivity contribution in [2.75, 3.05) is 18.4 Å². The van der Waals surface area contributed by atoms with Crippen molar-refractivity contribution >= 4 is 21.8 Å². The van der Waals surface area contributed by atoms with E-state index >= 15 is 0 Å². The fraction of sp³-hybridized carbons (Fsp3) is 0.588. The van der Waals surface area contributed by atoms with Gasteiger partial charge in [-0.25, -0.2) is 0 Å². The van der Waals surface area contributed by atoms with Crippen LogP contribution in [-0.2, 0) is 4.79 Å². The molecule has 1 aliphatic rings. The molecule has 0 aromatic heterocycles. The molecule has 1 saturated heterocycles. The van der Waals surface area contributed by atoms with Crippen molar-refractivity contribution < 1.29 is 4.79 Å². The number of nitrogens with zero attached hydrogens (tertiary/aromatic N) is 1. The van der Waals surface area contributed by atoms with E-state index in [1.807, 2.05) is 18.2 Å². The summed E-state index contributed by atoms with van der Waals surface area (Å²) in [6.45, 7) is 3.98. The Labute approximate surface area is 130 Å². The number of likely N-dealkylation sites (tertiary alicyclic amines) is 1. The number of carbonyl (C=O) groups is 1. The lowest BCUT2D eigenvalue weighted by Gasteiger charge is -2.35. The third-order valence-corrected chi connectivity index (χ3v) is 4.71. The molecule has 0 radical (unpaired) electrons. The highest BCUT2D eigenvalue weighted by atomic mass is 79.9. The predicted octanol–water partition coefficient (Wildman–Crippen LogP) is 4.20. The zero-order valence-electron chi connectivity index (χ0n) is 12.2. The average molecular weight is 338 g/mol. The maximum absolute atomic E-state index is 12.8. The fourth-order valence-corrected chi connectivity index (χ4v) is 3.76. The molecule has 1 heterocycles. The van der Waals surface area contributed by atoms with Gasteiger partial charge in [-0.15, -0.1) is 0 Å². The summed E-state index contributed by atoms with van der Waals surface area (Å²) in [4.78, 5) is 14.9. The van der Waals surface area contributed by atoms with Gasteiger partial charge in [0.1, 0.15) is 0 Å². The van der Waals surface area contributed by atoms with E-state index in [1.54, 1.807) is 0 Å². The highest BCUT2D eigenvalue weighted by Crippen LogP contribution is 2.26. The van der Waals surface area contributed by atoms with Crippen LogP contribution in [0.5, 0.6) is 0 Å². The number of amides is 1. The first-order valence-electron chi connectivity index (χ1n) is 7.66. The smallest absolute Gasteiger partial charge is 0.230 e. The maximum atomic E-state index is 12.8. The summed E-state index contributed by atoms with van der Waals surface area (Å²) in [5.74, 6) is 1.01. The Balaban J connectivity index is 2.05. The molecule has 20 heavy (non-hydrogen) atoms. The van der Waals surface area contributed by atoms with Gasteiger partial charge in [-0.2, -0.15) is 0 Å². The van der Waals surface area contributed by atoms with Gasteiger partial charge >= 0.3 is 0 Å². The molecule has 110 valence electrons. The maximum Gasteiger partial charge on any atom is 0.230 e. The van der Waals surface area contributed by atoms with Gasteiger partial charge in [-0.3, -0.25) is 4.79 Å². The van der Waals surface area contributed by atoms with Gasteiger partial charge in [0.05, 0.1) is 5.92 Å². The Bertz CT molecular complexity index is 418. The molecule has 3 heteroatoms. The molecule has 0 N–H and O–H groups in total. The minimum absolute atomic E-state index is 0.0268. The van der Waals surface area contributed by atoms with Crippen LogP contribution in [0, 0.1) is 5.92 Å². The van der Waals surface area contributed by atoms with Crippen LogP contribution in [0.15, 0.2) is 30.3 Å². The van der Waals surface area contributed by atoms with E-state index in [4.69, 9.17) is 0 Å². The van der Waals surface area contributed by atoms with Crippen molar-refractivity contribution in [1.82, 2.24) is 4.90 Å². The summed E-state index contributed by atoms with van der Waals surface area (Å²) in [5, 5.41) is 1.04. The molecule has 2 atom stereocenters. The zero-order chi connectivity index (χ0) is 14.4. The average Bonchev–Trinajstić information content (AvgIpc) is 2.50. The fourth-order valence-electron chi connectivity index (χ4n) is 3.11. The van der Waals surface area contributed by atoms with E-state index in [1.165, 1.54) is 12.8 Å². The quantitative estimate of drug-likeness (QED) is 0.737. The highest BCUT2D eigenvalue weighted by molar-refractivity contribution is 9.09. The molecule has 2 unspecified atom stereocenters. The molecular formula is C17H24BrNO. The zero-order valence-corrected chi connectivity index (χ0v) is 13.8. The molecule has 2 nitrogen and oxygen atoms in total. The largest absolute Gasteiger partial charge is 0.342 e. The minimum atomic E-state index is 0.0268. The number of hydrogen-bond acceptors (Lipinski definition) is 1. The molecule has 1 aromatic carbocycles. The summed E-state index contributed by atoms with van der Waals surface area (Å²) in [5.41, 5.74) is 1.16. The number of carbonyl (C=O) groups excluding carboxylic acids is 1. The van der Waals surface area contributed by atoms with Gasteiger partial charge in [0.2, 0.25) is 5.91 Å². The monoisotopic (exact) mass is 337 g/mol. The van der Waals surface area contributed by atoms with Gasteiger partial charge < -0.3 is 4.90 Å². The molecule has 0 saturated carbocycles. The molecule has 0 spiro atoms. The number of benzene rings is 1. The molecular weight excluding hydrogens is 314 g/mol. The van der Waals surface area contributed by atoms with Crippen LogP contribution >= 0.6 is 15.9 Å². The SMILES string of the molecule is CCC(C(=O)N1CCCC(CCBr)C1)c1ccccc1. The first-order chi connectivity index (χ1) is 9.76. The summed E-state index contributed by atoms with van der Waals surface area (Å²) in [6.07, 6.45) is 4.46. The topological polar surface area (TPSA) is 20.3 Å². The van der Waals surface area contributed by atoms with Crippen LogP contribution in [0.25, 0.3) is 0 Å². The van der Waals surface area contributed by atoms with Crippen molar-refractivity contribution in [3.8, 4) is 0 Å². The van der Waals surface area contributed by atoms with Crippen LogP contribution < -0.4 is 0 Å². The summed E-state index contributed by atoms with van der Waals surface area (Å²) >= 11 is 3.52. The van der Waals surface area contributed by atoms with Crippen molar-refractivity contribution in [2.45, 2.75) is 38.5 Å². The second-order valence-electron chi connectivity index (χ2n) is 5.64. The number of alkyl halides is 1. The lowest BCUT2D eigenvalue weighted by Crippen LogP contribution is -2.42. The van der Waals surface area contributed by atoms with E-state index in [9.17, 15) is 4.79 Å². The Hall–Kier alpha value is -0.830. The molecule has 1 amide bonds. The molecule has 2 rings (SSSR count). The van der Waals surface area contributed by atoms with Crippen LogP contribution in [0.4, 0.5) is 0 Å². The second-order valence-corrected chi connectivity index (χ2v) is 6.43. The molecule has 1 aromatic rings. The van der Waals surface area contributed by atoms with Gasteiger partial charge in [0.25, 0.3) is 0 Å². The second kappa shape index (κ2) is 7.82. The minimum Gasteiger partial charge on any atom is -0.342 e. The third-order valence-electron chi connectivity index (χ3n) is 4.26. The van der Waals surface area contributed by atoms with Gasteiger partial charge in [-0.1, -0.05) is 53.2 Å². The molecule has 0 bridgehead atoms. The highest BCUT2D eigenvalue weighted by Gasteiger charge is 2.28. The van der Waals surface area contributed by atoms with E-state index in [0.717, 1.165) is 36.8 Å². The third kappa shape index (κ3) is 3.85. The van der Waals surface area contributed by atoms with E-state index in [-0.39, 0.29) is 5.92 Å². The van der Waals surface area contributed by atoms with Gasteiger partial charge in [0.15, 0.2) is 0 Å². The van der Waals surface area contributed by atoms with Crippen molar-refractivity contribution in [3.63, 3.8) is 0 Å². The summed E-state index contributed by atoms with van der Waals surface area (Å²) in [6, 6.07) is 10.2. The Morgan fingerprint density at radius 2 is 2.15 bits per heavy atom. The van der Waals surface area contributed by atoms with Crippen molar-refractivity contribution in [2.24, 2.45) is 5.92 Å². The Kier molecular flexibility index (Phi) is 6.08.